The van der Waals surface area contributed by atoms with Gasteiger partial charge in [-0.3, -0.25) is 9.79 Å². The molecule has 0 aliphatic heterocycles. The molecule has 0 saturated heterocycles. The molecule has 1 unspecified atom stereocenters. The molecule has 0 aromatic rings. The highest BCUT2D eigenvalue weighted by atomic mass is 16.5. The first kappa shape index (κ1) is 19.7. The van der Waals surface area contributed by atoms with Crippen LogP contribution in [0.2, 0.25) is 0 Å². The summed E-state index contributed by atoms with van der Waals surface area (Å²) in [7, 11) is 1.77. The lowest BCUT2D eigenvalue weighted by molar-refractivity contribution is -0.143. The van der Waals surface area contributed by atoms with Crippen molar-refractivity contribution in [2.24, 2.45) is 10.9 Å². The molecule has 0 radical (unpaired) electrons. The molecule has 0 aliphatic carbocycles. The van der Waals surface area contributed by atoms with Crippen molar-refractivity contribution in [1.29, 1.82) is 0 Å². The fourth-order valence-corrected chi connectivity index (χ4v) is 2.01. The second-order valence-electron chi connectivity index (χ2n) is 5.78. The fourth-order valence-electron chi connectivity index (χ4n) is 2.01. The minimum Gasteiger partial charge on any atom is -0.466 e. The highest BCUT2D eigenvalue weighted by Crippen LogP contribution is 2.08. The van der Waals surface area contributed by atoms with Gasteiger partial charge in [0.2, 0.25) is 0 Å². The molecule has 0 aromatic heterocycles. The van der Waals surface area contributed by atoms with E-state index in [4.69, 9.17) is 4.74 Å². The Bertz CT molecular complexity index is 304. The quantitative estimate of drug-likeness (QED) is 0.282. The topological polar surface area (TPSA) is 62.7 Å². The van der Waals surface area contributed by atoms with Gasteiger partial charge in [0.05, 0.1) is 6.61 Å². The molecule has 21 heavy (non-hydrogen) atoms. The van der Waals surface area contributed by atoms with Crippen LogP contribution in [0.15, 0.2) is 4.99 Å². The van der Waals surface area contributed by atoms with Gasteiger partial charge in [-0.15, -0.1) is 0 Å². The van der Waals surface area contributed by atoms with E-state index in [0.717, 1.165) is 31.3 Å². The monoisotopic (exact) mass is 299 g/mol. The van der Waals surface area contributed by atoms with Crippen LogP contribution in [0.4, 0.5) is 0 Å². The number of nitrogens with one attached hydrogen (secondary N) is 2. The van der Waals surface area contributed by atoms with Crippen LogP contribution in [-0.2, 0) is 9.53 Å². The zero-order valence-corrected chi connectivity index (χ0v) is 14.4. The predicted molar refractivity (Wildman–Crippen MR) is 88.5 cm³/mol. The molecule has 1 atom stereocenters. The van der Waals surface area contributed by atoms with Crippen molar-refractivity contribution >= 4 is 11.9 Å². The number of aliphatic imine (C=N–C) groups is 1. The molecule has 0 heterocycles. The van der Waals surface area contributed by atoms with Crippen LogP contribution in [0.1, 0.15) is 59.8 Å². The molecule has 5 nitrogen and oxygen atoms in total. The van der Waals surface area contributed by atoms with E-state index in [-0.39, 0.29) is 5.97 Å². The van der Waals surface area contributed by atoms with Crippen LogP contribution < -0.4 is 10.6 Å². The number of ether oxygens (including phenoxy) is 1. The summed E-state index contributed by atoms with van der Waals surface area (Å²) >= 11 is 0. The maximum atomic E-state index is 11.2. The molecule has 5 heteroatoms. The van der Waals surface area contributed by atoms with Gasteiger partial charge in [-0.1, -0.05) is 26.7 Å². The zero-order valence-electron chi connectivity index (χ0n) is 14.4. The fraction of sp³-hybridized carbons (Fsp3) is 0.875. The molecular formula is C16H33N3O2. The number of hydrogen-bond donors (Lipinski definition) is 2. The maximum absolute atomic E-state index is 11.2. The van der Waals surface area contributed by atoms with Gasteiger partial charge in [0.15, 0.2) is 5.96 Å². The zero-order chi connectivity index (χ0) is 16.1. The minimum absolute atomic E-state index is 0.135. The Morgan fingerprint density at radius 2 is 1.90 bits per heavy atom. The van der Waals surface area contributed by atoms with Gasteiger partial charge in [-0.25, -0.2) is 0 Å². The van der Waals surface area contributed by atoms with E-state index in [2.05, 4.69) is 36.4 Å². The van der Waals surface area contributed by atoms with Gasteiger partial charge in [-0.2, -0.15) is 0 Å². The van der Waals surface area contributed by atoms with Crippen molar-refractivity contribution in [3.63, 3.8) is 0 Å². The first-order valence-corrected chi connectivity index (χ1v) is 8.12. The minimum atomic E-state index is -0.135. The van der Waals surface area contributed by atoms with E-state index in [1.807, 2.05) is 6.92 Å². The van der Waals surface area contributed by atoms with E-state index >= 15 is 0 Å². The Morgan fingerprint density at radius 1 is 1.19 bits per heavy atom. The van der Waals surface area contributed by atoms with Crippen molar-refractivity contribution in [2.45, 2.75) is 65.8 Å². The number of guanidine groups is 1. The largest absolute Gasteiger partial charge is 0.466 e. The summed E-state index contributed by atoms with van der Waals surface area (Å²) in [6.45, 7) is 9.67. The van der Waals surface area contributed by atoms with Crippen LogP contribution in [0.25, 0.3) is 0 Å². The van der Waals surface area contributed by atoms with Crippen LogP contribution in [0.3, 0.4) is 0 Å². The summed E-state index contributed by atoms with van der Waals surface area (Å²) in [6.07, 6.45) is 4.83. The number of hydrogen-bond acceptors (Lipinski definition) is 3. The molecule has 0 rings (SSSR count). The summed E-state index contributed by atoms with van der Waals surface area (Å²) in [5, 5.41) is 6.60. The molecule has 0 aliphatic rings. The Labute approximate surface area is 129 Å². The molecule has 124 valence electrons. The molecule has 2 N–H and O–H groups in total. The second kappa shape index (κ2) is 12.5. The standard InChI is InChI=1S/C16H33N3O2/c1-6-21-15(20)11-8-12-18-16(17-5)19-14(4)10-7-9-13(2)3/h13-14H,6-12H2,1-5H3,(H2,17,18,19). The summed E-state index contributed by atoms with van der Waals surface area (Å²) in [5.41, 5.74) is 0. The third-order valence-electron chi connectivity index (χ3n) is 3.18. The van der Waals surface area contributed by atoms with Crippen molar-refractivity contribution in [2.75, 3.05) is 20.2 Å². The summed E-state index contributed by atoms with van der Waals surface area (Å²) in [5.74, 6) is 1.43. The average Bonchev–Trinajstić information content (AvgIpc) is 2.42. The van der Waals surface area contributed by atoms with E-state index in [1.54, 1.807) is 7.05 Å². The van der Waals surface area contributed by atoms with Crippen LogP contribution in [-0.4, -0.2) is 38.2 Å². The van der Waals surface area contributed by atoms with E-state index in [1.165, 1.54) is 12.8 Å². The smallest absolute Gasteiger partial charge is 0.305 e. The molecule has 0 aromatic carbocycles. The molecule has 0 saturated carbocycles. The van der Waals surface area contributed by atoms with Crippen LogP contribution >= 0.6 is 0 Å². The number of esters is 1. The highest BCUT2D eigenvalue weighted by molar-refractivity contribution is 5.79. The normalized spacial score (nSPS) is 13.1. The highest BCUT2D eigenvalue weighted by Gasteiger charge is 2.06. The maximum Gasteiger partial charge on any atom is 0.305 e. The lowest BCUT2D eigenvalue weighted by Gasteiger charge is -2.18. The molecule has 0 bridgehead atoms. The number of nitrogens with zero attached hydrogens (tertiary/aromatic N) is 1. The van der Waals surface area contributed by atoms with Gasteiger partial charge in [0.25, 0.3) is 0 Å². The van der Waals surface area contributed by atoms with Crippen LogP contribution in [0.5, 0.6) is 0 Å². The van der Waals surface area contributed by atoms with E-state index < -0.39 is 0 Å². The Kier molecular flexibility index (Phi) is 11.7. The van der Waals surface area contributed by atoms with Gasteiger partial charge in [0, 0.05) is 26.1 Å². The number of rotatable bonds is 10. The molecule has 0 amide bonds. The third-order valence-corrected chi connectivity index (χ3v) is 3.18. The Hall–Kier alpha value is -1.26. The first-order valence-electron chi connectivity index (χ1n) is 8.12. The van der Waals surface area contributed by atoms with Crippen molar-refractivity contribution in [3.8, 4) is 0 Å². The predicted octanol–water partition coefficient (Wildman–Crippen LogP) is 2.71. The van der Waals surface area contributed by atoms with Crippen molar-refractivity contribution in [1.82, 2.24) is 10.6 Å². The van der Waals surface area contributed by atoms with E-state index in [0.29, 0.717) is 19.1 Å². The summed E-state index contributed by atoms with van der Waals surface area (Å²) in [6, 6.07) is 0.403. The van der Waals surface area contributed by atoms with Gasteiger partial charge < -0.3 is 15.4 Å². The summed E-state index contributed by atoms with van der Waals surface area (Å²) in [4.78, 5) is 15.4. The Morgan fingerprint density at radius 3 is 2.48 bits per heavy atom. The van der Waals surface area contributed by atoms with Crippen molar-refractivity contribution in [3.05, 3.63) is 0 Å². The van der Waals surface area contributed by atoms with Gasteiger partial charge in [-0.05, 0) is 32.6 Å². The SMILES string of the molecule is CCOC(=O)CCCNC(=NC)NC(C)CCCC(C)C. The molecule has 0 fully saturated rings. The van der Waals surface area contributed by atoms with Gasteiger partial charge in [0.1, 0.15) is 0 Å². The van der Waals surface area contributed by atoms with Crippen molar-refractivity contribution < 1.29 is 9.53 Å². The second-order valence-corrected chi connectivity index (χ2v) is 5.78. The lowest BCUT2D eigenvalue weighted by atomic mass is 10.0. The molecular weight excluding hydrogens is 266 g/mol. The lowest BCUT2D eigenvalue weighted by Crippen LogP contribution is -2.42. The number of carbonyl (C=O) groups excluding carboxylic acids is 1. The first-order chi connectivity index (χ1) is 9.99. The van der Waals surface area contributed by atoms with Crippen LogP contribution in [0, 0.1) is 5.92 Å². The molecule has 0 spiro atoms. The summed E-state index contributed by atoms with van der Waals surface area (Å²) < 4.78 is 4.89. The third kappa shape index (κ3) is 12.2. The Balaban J connectivity index is 3.78. The number of carbonyl (C=O) groups is 1. The van der Waals surface area contributed by atoms with E-state index in [9.17, 15) is 4.79 Å². The average molecular weight is 299 g/mol. The van der Waals surface area contributed by atoms with Gasteiger partial charge >= 0.3 is 5.97 Å².